The van der Waals surface area contributed by atoms with Gasteiger partial charge in [-0.3, -0.25) is 10.1 Å². The predicted octanol–water partition coefficient (Wildman–Crippen LogP) is 0.692. The number of benzene rings is 1. The van der Waals surface area contributed by atoms with E-state index in [4.69, 9.17) is 5.11 Å². The summed E-state index contributed by atoms with van der Waals surface area (Å²) in [5.41, 5.74) is 1.53. The molecule has 16 heavy (non-hydrogen) atoms. The van der Waals surface area contributed by atoms with E-state index < -0.39 is 4.92 Å². The Kier molecular flexibility index (Phi) is 2.65. The Morgan fingerprint density at radius 1 is 1.38 bits per heavy atom. The van der Waals surface area contributed by atoms with E-state index in [0.717, 1.165) is 5.69 Å². The van der Waals surface area contributed by atoms with Crippen LogP contribution in [-0.2, 0) is 6.61 Å². The van der Waals surface area contributed by atoms with Crippen molar-refractivity contribution >= 4 is 5.69 Å². The molecule has 2 aromatic rings. The summed E-state index contributed by atoms with van der Waals surface area (Å²) in [5, 5.41) is 19.3. The van der Waals surface area contributed by atoms with E-state index in [2.05, 4.69) is 4.98 Å². The van der Waals surface area contributed by atoms with Gasteiger partial charge in [0.1, 0.15) is 18.5 Å². The number of nitro groups is 1. The van der Waals surface area contributed by atoms with E-state index in [1.165, 1.54) is 12.1 Å². The Balaban J connectivity index is 2.30. The molecule has 6 heteroatoms. The first-order valence-corrected chi connectivity index (χ1v) is 4.65. The van der Waals surface area contributed by atoms with Gasteiger partial charge in [0.2, 0.25) is 6.33 Å². The monoisotopic (exact) mass is 220 g/mol. The van der Waals surface area contributed by atoms with E-state index in [0.29, 0.717) is 5.69 Å². The van der Waals surface area contributed by atoms with Crippen molar-refractivity contribution in [2.45, 2.75) is 6.61 Å². The first-order valence-electron chi connectivity index (χ1n) is 4.65. The molecule has 0 unspecified atom stereocenters. The molecule has 0 saturated heterocycles. The van der Waals surface area contributed by atoms with Crippen molar-refractivity contribution in [3.8, 4) is 5.69 Å². The predicted molar refractivity (Wildman–Crippen MR) is 54.9 cm³/mol. The highest BCUT2D eigenvalue weighted by Gasteiger charge is 2.09. The second-order valence-electron chi connectivity index (χ2n) is 3.27. The summed E-state index contributed by atoms with van der Waals surface area (Å²) in [7, 11) is 0. The fourth-order valence-electron chi connectivity index (χ4n) is 1.38. The average molecular weight is 220 g/mol. The second kappa shape index (κ2) is 4.11. The van der Waals surface area contributed by atoms with Crippen molar-refractivity contribution < 1.29 is 14.6 Å². The SMILES string of the molecule is O=[N+]([O-])c1ccc(-[n+]2c[nH]c(CO)c2)cc1. The van der Waals surface area contributed by atoms with E-state index in [1.807, 2.05) is 0 Å². The van der Waals surface area contributed by atoms with Gasteiger partial charge in [-0.1, -0.05) is 0 Å². The first-order chi connectivity index (χ1) is 7.70. The number of hydrogen-bond donors (Lipinski definition) is 2. The molecular weight excluding hydrogens is 210 g/mol. The topological polar surface area (TPSA) is 83.0 Å². The standard InChI is InChI=1S/C10H9N3O3/c14-6-8-5-12(7-11-8)9-1-3-10(4-2-9)13(15)16/h1-5,7,14H,6H2/p+1. The van der Waals surface area contributed by atoms with Crippen molar-refractivity contribution in [1.29, 1.82) is 0 Å². The highest BCUT2D eigenvalue weighted by molar-refractivity contribution is 5.36. The molecule has 0 radical (unpaired) electrons. The first kappa shape index (κ1) is 10.3. The number of nitrogens with zero attached hydrogens (tertiary/aromatic N) is 2. The summed E-state index contributed by atoms with van der Waals surface area (Å²) >= 11 is 0. The third-order valence-electron chi connectivity index (χ3n) is 2.21. The van der Waals surface area contributed by atoms with Crippen LogP contribution in [-0.4, -0.2) is 15.0 Å². The summed E-state index contributed by atoms with van der Waals surface area (Å²) < 4.78 is 1.75. The molecule has 0 aliphatic heterocycles. The molecule has 0 spiro atoms. The van der Waals surface area contributed by atoms with Crippen LogP contribution < -0.4 is 4.57 Å². The molecule has 0 bridgehead atoms. The Morgan fingerprint density at radius 3 is 2.56 bits per heavy atom. The molecule has 1 aromatic heterocycles. The number of aliphatic hydroxyl groups excluding tert-OH is 1. The van der Waals surface area contributed by atoms with Gasteiger partial charge in [-0.25, -0.2) is 9.55 Å². The number of aliphatic hydroxyl groups is 1. The van der Waals surface area contributed by atoms with Crippen LogP contribution >= 0.6 is 0 Å². The lowest BCUT2D eigenvalue weighted by Crippen LogP contribution is -2.26. The van der Waals surface area contributed by atoms with Crippen LogP contribution in [0, 0.1) is 10.1 Å². The lowest BCUT2D eigenvalue weighted by molar-refractivity contribution is -0.594. The van der Waals surface area contributed by atoms with Crippen LogP contribution in [0.15, 0.2) is 36.8 Å². The third kappa shape index (κ3) is 1.91. The second-order valence-corrected chi connectivity index (χ2v) is 3.27. The summed E-state index contributed by atoms with van der Waals surface area (Å²) in [6, 6.07) is 6.17. The fraction of sp³-hybridized carbons (Fsp3) is 0.100. The van der Waals surface area contributed by atoms with Crippen LogP contribution in [0.3, 0.4) is 0 Å². The number of imidazole rings is 1. The summed E-state index contributed by atoms with van der Waals surface area (Å²) in [6.07, 6.45) is 3.40. The lowest BCUT2D eigenvalue weighted by atomic mass is 10.3. The Bertz CT molecular complexity index is 504. The van der Waals surface area contributed by atoms with Crippen molar-refractivity contribution in [3.05, 3.63) is 52.6 Å². The molecule has 2 N–H and O–H groups in total. The number of H-pyrrole nitrogens is 1. The van der Waals surface area contributed by atoms with Crippen LogP contribution in [0.25, 0.3) is 5.69 Å². The number of non-ortho nitro benzene ring substituents is 1. The van der Waals surface area contributed by atoms with Crippen molar-refractivity contribution in [3.63, 3.8) is 0 Å². The molecule has 2 rings (SSSR count). The van der Waals surface area contributed by atoms with Gasteiger partial charge in [-0.05, 0) is 12.1 Å². The molecule has 0 saturated carbocycles. The molecule has 0 aliphatic rings. The van der Waals surface area contributed by atoms with Gasteiger partial charge >= 0.3 is 0 Å². The molecule has 6 nitrogen and oxygen atoms in total. The van der Waals surface area contributed by atoms with Gasteiger partial charge in [0.05, 0.1) is 4.92 Å². The normalized spacial score (nSPS) is 10.3. The number of aromatic nitrogens is 2. The van der Waals surface area contributed by atoms with Crippen LogP contribution in [0.4, 0.5) is 5.69 Å². The summed E-state index contributed by atoms with van der Waals surface area (Å²) in [4.78, 5) is 12.9. The minimum absolute atomic E-state index is 0.0577. The van der Waals surface area contributed by atoms with Gasteiger partial charge in [0, 0.05) is 12.1 Å². The smallest absolute Gasteiger partial charge is 0.269 e. The maximum absolute atomic E-state index is 10.5. The Labute approximate surface area is 90.9 Å². The zero-order chi connectivity index (χ0) is 11.5. The number of rotatable bonds is 3. The summed E-state index contributed by atoms with van der Waals surface area (Å²) in [6.45, 7) is -0.0695. The van der Waals surface area contributed by atoms with Crippen molar-refractivity contribution in [2.75, 3.05) is 0 Å². The van der Waals surface area contributed by atoms with Gasteiger partial charge in [-0.2, -0.15) is 0 Å². The van der Waals surface area contributed by atoms with E-state index in [9.17, 15) is 10.1 Å². The Morgan fingerprint density at radius 2 is 2.06 bits per heavy atom. The van der Waals surface area contributed by atoms with E-state index in [-0.39, 0.29) is 12.3 Å². The van der Waals surface area contributed by atoms with Gasteiger partial charge in [-0.15, -0.1) is 0 Å². The van der Waals surface area contributed by atoms with Crippen LogP contribution in [0.5, 0.6) is 0 Å². The lowest BCUT2D eigenvalue weighted by Gasteiger charge is -1.94. The number of nitrogens with one attached hydrogen (secondary N) is 1. The Hall–Kier alpha value is -2.21. The van der Waals surface area contributed by atoms with Crippen molar-refractivity contribution in [1.82, 2.24) is 4.98 Å². The molecule has 0 atom stereocenters. The molecule has 1 aromatic carbocycles. The molecule has 1 heterocycles. The molecule has 82 valence electrons. The minimum atomic E-state index is -0.440. The summed E-state index contributed by atoms with van der Waals surface area (Å²) in [5.74, 6) is 0. The third-order valence-corrected chi connectivity index (χ3v) is 2.21. The minimum Gasteiger partial charge on any atom is -0.388 e. The largest absolute Gasteiger partial charge is 0.388 e. The van der Waals surface area contributed by atoms with Crippen LogP contribution in [0.2, 0.25) is 0 Å². The molecule has 0 aliphatic carbocycles. The number of aromatic amines is 1. The molecule has 0 amide bonds. The number of hydrogen-bond acceptors (Lipinski definition) is 3. The van der Waals surface area contributed by atoms with E-state index >= 15 is 0 Å². The van der Waals surface area contributed by atoms with Gasteiger partial charge in [0.25, 0.3) is 5.69 Å². The highest BCUT2D eigenvalue weighted by atomic mass is 16.6. The highest BCUT2D eigenvalue weighted by Crippen LogP contribution is 2.11. The van der Waals surface area contributed by atoms with E-state index in [1.54, 1.807) is 29.2 Å². The van der Waals surface area contributed by atoms with Crippen LogP contribution in [0.1, 0.15) is 5.69 Å². The maximum atomic E-state index is 10.5. The average Bonchev–Trinajstić information content (AvgIpc) is 2.77. The molecule has 0 fully saturated rings. The van der Waals surface area contributed by atoms with Gasteiger partial charge in [0.15, 0.2) is 5.69 Å². The zero-order valence-corrected chi connectivity index (χ0v) is 8.33. The fourth-order valence-corrected chi connectivity index (χ4v) is 1.38. The van der Waals surface area contributed by atoms with Gasteiger partial charge < -0.3 is 5.11 Å². The zero-order valence-electron chi connectivity index (χ0n) is 8.33. The number of nitro benzene ring substituents is 1. The quantitative estimate of drug-likeness (QED) is 0.453. The molecular formula is C10H10N3O3+. The van der Waals surface area contributed by atoms with Crippen molar-refractivity contribution in [2.24, 2.45) is 0 Å². The maximum Gasteiger partial charge on any atom is 0.269 e.